The van der Waals surface area contributed by atoms with E-state index in [1.807, 2.05) is 93.6 Å². The summed E-state index contributed by atoms with van der Waals surface area (Å²) in [6.45, 7) is 5.73. The van der Waals surface area contributed by atoms with Crippen LogP contribution in [0.15, 0.2) is 78.9 Å². The molecule has 36 heavy (non-hydrogen) atoms. The Bertz CT molecular complexity index is 1570. The van der Waals surface area contributed by atoms with E-state index in [-0.39, 0.29) is 5.91 Å². The summed E-state index contributed by atoms with van der Waals surface area (Å²) < 4.78 is 6.86. The zero-order chi connectivity index (χ0) is 25.2. The summed E-state index contributed by atoms with van der Waals surface area (Å²) in [7, 11) is 0. The highest BCUT2D eigenvalue weighted by atomic mass is 32.1. The number of benzene rings is 4. The number of thiazole rings is 1. The van der Waals surface area contributed by atoms with Crippen molar-refractivity contribution in [2.75, 3.05) is 5.32 Å². The van der Waals surface area contributed by atoms with Gasteiger partial charge in [-0.25, -0.2) is 9.78 Å². The van der Waals surface area contributed by atoms with Gasteiger partial charge in [0.05, 0.1) is 15.8 Å². The van der Waals surface area contributed by atoms with Crippen LogP contribution in [0.25, 0.3) is 31.6 Å². The number of fused-ring (bicyclic) bond motifs is 2. The molecule has 0 saturated heterocycles. The Morgan fingerprint density at radius 2 is 1.75 bits per heavy atom. The van der Waals surface area contributed by atoms with E-state index in [2.05, 4.69) is 5.32 Å². The molecule has 4 aromatic carbocycles. The summed E-state index contributed by atoms with van der Waals surface area (Å²) in [5.74, 6) is -0.872. The molecule has 1 atom stereocenters. The van der Waals surface area contributed by atoms with Crippen LogP contribution in [0.1, 0.15) is 34.8 Å². The van der Waals surface area contributed by atoms with Crippen LogP contribution < -0.4 is 5.32 Å². The number of para-hydroxylation sites is 1. The number of aryl methyl sites for hydroxylation is 2. The maximum absolute atomic E-state index is 13.4. The average Bonchev–Trinajstić information content (AvgIpc) is 3.32. The zero-order valence-electron chi connectivity index (χ0n) is 20.4. The smallest absolute Gasteiger partial charge is 0.339 e. The molecule has 0 radical (unpaired) electrons. The molecule has 0 aliphatic heterocycles. The van der Waals surface area contributed by atoms with Crippen LogP contribution in [0.3, 0.4) is 0 Å². The first-order valence-corrected chi connectivity index (χ1v) is 12.7. The van der Waals surface area contributed by atoms with E-state index < -0.39 is 12.1 Å². The lowest BCUT2D eigenvalue weighted by molar-refractivity contribution is -0.124. The molecule has 0 saturated carbocycles. The number of carbonyl (C=O) groups excluding carboxylic acids is 2. The van der Waals surface area contributed by atoms with E-state index in [1.54, 1.807) is 17.4 Å². The highest BCUT2D eigenvalue weighted by Gasteiger charge is 2.25. The quantitative estimate of drug-likeness (QED) is 0.251. The van der Waals surface area contributed by atoms with Gasteiger partial charge in [0.15, 0.2) is 6.10 Å². The molecule has 1 aromatic heterocycles. The predicted molar refractivity (Wildman–Crippen MR) is 147 cm³/mol. The van der Waals surface area contributed by atoms with Crippen molar-refractivity contribution >= 4 is 49.9 Å². The fourth-order valence-electron chi connectivity index (χ4n) is 4.28. The summed E-state index contributed by atoms with van der Waals surface area (Å²) in [5.41, 5.74) is 4.92. The highest BCUT2D eigenvalue weighted by molar-refractivity contribution is 7.21. The van der Waals surface area contributed by atoms with Gasteiger partial charge in [0.25, 0.3) is 5.91 Å². The van der Waals surface area contributed by atoms with Crippen LogP contribution in [0.2, 0.25) is 0 Å². The fourth-order valence-corrected chi connectivity index (χ4v) is 5.27. The van der Waals surface area contributed by atoms with E-state index in [9.17, 15) is 9.59 Å². The van der Waals surface area contributed by atoms with Crippen molar-refractivity contribution in [3.05, 3.63) is 95.6 Å². The van der Waals surface area contributed by atoms with Gasteiger partial charge in [0.2, 0.25) is 0 Å². The third-order valence-electron chi connectivity index (χ3n) is 6.21. The Kier molecular flexibility index (Phi) is 6.53. The number of hydrogen-bond acceptors (Lipinski definition) is 5. The van der Waals surface area contributed by atoms with Crippen LogP contribution in [0, 0.1) is 13.8 Å². The van der Waals surface area contributed by atoms with Crippen LogP contribution in [0.5, 0.6) is 0 Å². The minimum atomic E-state index is -0.915. The Balaban J connectivity index is 1.48. The summed E-state index contributed by atoms with van der Waals surface area (Å²) in [6, 6.07) is 25.3. The Labute approximate surface area is 213 Å². The van der Waals surface area contributed by atoms with Gasteiger partial charge in [0.1, 0.15) is 5.01 Å². The van der Waals surface area contributed by atoms with Crippen molar-refractivity contribution in [1.82, 2.24) is 4.98 Å². The van der Waals surface area contributed by atoms with Gasteiger partial charge < -0.3 is 10.1 Å². The van der Waals surface area contributed by atoms with E-state index >= 15 is 0 Å². The fraction of sp³-hybridized carbons (Fsp3) is 0.167. The number of esters is 1. The SMILES string of the molecule is CCC(OC(=O)c1cccc2cccc(-c3nc4ccccc4s3)c12)C(=O)Nc1cc(C)ccc1C. The topological polar surface area (TPSA) is 68.3 Å². The standard InChI is InChI=1S/C30H26N2O3S/c1-4-25(28(33)31-24-17-18(2)15-16-19(24)3)35-30(34)22-12-8-10-20-9-7-11-21(27(20)22)29-32-23-13-5-6-14-26(23)36-29/h5-17,25H,4H2,1-3H3,(H,31,33). The molecule has 5 nitrogen and oxygen atoms in total. The van der Waals surface area contributed by atoms with E-state index in [4.69, 9.17) is 9.72 Å². The first-order valence-electron chi connectivity index (χ1n) is 11.9. The van der Waals surface area contributed by atoms with Crippen LogP contribution in [-0.2, 0) is 9.53 Å². The van der Waals surface area contributed by atoms with Crippen molar-refractivity contribution in [1.29, 1.82) is 0 Å². The number of rotatable bonds is 6. The number of nitrogens with zero attached hydrogens (tertiary/aromatic N) is 1. The van der Waals surface area contributed by atoms with E-state index in [0.29, 0.717) is 12.0 Å². The van der Waals surface area contributed by atoms with Gasteiger partial charge in [-0.1, -0.05) is 61.5 Å². The van der Waals surface area contributed by atoms with E-state index in [1.165, 1.54) is 0 Å². The summed E-state index contributed by atoms with van der Waals surface area (Å²) >= 11 is 1.59. The number of anilines is 1. The maximum atomic E-state index is 13.4. The zero-order valence-corrected chi connectivity index (χ0v) is 21.2. The third kappa shape index (κ3) is 4.60. The minimum absolute atomic E-state index is 0.341. The summed E-state index contributed by atoms with van der Waals surface area (Å²) in [4.78, 5) is 31.3. The summed E-state index contributed by atoms with van der Waals surface area (Å²) in [5, 5.41) is 5.44. The van der Waals surface area contributed by atoms with Crippen LogP contribution in [0.4, 0.5) is 5.69 Å². The van der Waals surface area contributed by atoms with Gasteiger partial charge in [-0.2, -0.15) is 0 Å². The van der Waals surface area contributed by atoms with E-state index in [0.717, 1.165) is 48.4 Å². The maximum Gasteiger partial charge on any atom is 0.339 e. The number of ether oxygens (including phenoxy) is 1. The van der Waals surface area contributed by atoms with Crippen LogP contribution >= 0.6 is 11.3 Å². The van der Waals surface area contributed by atoms with Gasteiger partial charge in [0, 0.05) is 16.6 Å². The van der Waals surface area contributed by atoms with Gasteiger partial charge in [-0.3, -0.25) is 4.79 Å². The molecule has 1 heterocycles. The largest absolute Gasteiger partial charge is 0.449 e. The molecule has 0 fully saturated rings. The number of aromatic nitrogens is 1. The second kappa shape index (κ2) is 9.91. The molecule has 0 aliphatic rings. The first kappa shape index (κ1) is 23.7. The monoisotopic (exact) mass is 494 g/mol. The molecule has 1 amide bonds. The molecule has 0 bridgehead atoms. The molecular formula is C30H26N2O3S. The number of amides is 1. The van der Waals surface area contributed by atoms with Crippen molar-refractivity contribution in [2.24, 2.45) is 0 Å². The lowest BCUT2D eigenvalue weighted by Gasteiger charge is -2.18. The number of hydrogen-bond donors (Lipinski definition) is 1. The molecule has 1 N–H and O–H groups in total. The number of carbonyl (C=O) groups is 2. The lowest BCUT2D eigenvalue weighted by atomic mass is 9.99. The van der Waals surface area contributed by atoms with Gasteiger partial charge in [-0.05, 0) is 61.0 Å². The molecule has 5 aromatic rings. The molecule has 0 spiro atoms. The summed E-state index contributed by atoms with van der Waals surface area (Å²) in [6.07, 6.45) is -0.555. The van der Waals surface area contributed by atoms with Crippen molar-refractivity contribution in [3.63, 3.8) is 0 Å². The first-order chi connectivity index (χ1) is 17.4. The normalized spacial score (nSPS) is 12.0. The second-order valence-corrected chi connectivity index (χ2v) is 9.84. The molecule has 6 heteroatoms. The Hall–Kier alpha value is -4.03. The molecule has 1 unspecified atom stereocenters. The van der Waals surface area contributed by atoms with Crippen LogP contribution in [-0.4, -0.2) is 23.0 Å². The Morgan fingerprint density at radius 3 is 2.53 bits per heavy atom. The number of nitrogens with one attached hydrogen (secondary N) is 1. The third-order valence-corrected chi connectivity index (χ3v) is 7.28. The van der Waals surface area contributed by atoms with Gasteiger partial charge >= 0.3 is 5.97 Å². The second-order valence-electron chi connectivity index (χ2n) is 8.81. The van der Waals surface area contributed by atoms with Crippen molar-refractivity contribution in [2.45, 2.75) is 33.3 Å². The average molecular weight is 495 g/mol. The minimum Gasteiger partial charge on any atom is -0.449 e. The molecule has 180 valence electrons. The molecular weight excluding hydrogens is 468 g/mol. The molecule has 0 aliphatic carbocycles. The highest BCUT2D eigenvalue weighted by Crippen LogP contribution is 2.36. The van der Waals surface area contributed by atoms with Crippen molar-refractivity contribution in [3.8, 4) is 10.6 Å². The van der Waals surface area contributed by atoms with Crippen molar-refractivity contribution < 1.29 is 14.3 Å². The lowest BCUT2D eigenvalue weighted by Crippen LogP contribution is -2.32. The predicted octanol–water partition coefficient (Wildman–Crippen LogP) is 7.31. The van der Waals surface area contributed by atoms with Gasteiger partial charge in [-0.15, -0.1) is 11.3 Å². The molecule has 5 rings (SSSR count). The Morgan fingerprint density at radius 1 is 0.972 bits per heavy atom.